The summed E-state index contributed by atoms with van der Waals surface area (Å²) in [5.74, 6) is 0. The second-order valence-electron chi connectivity index (χ2n) is 5.14. The number of methoxy groups -OCH3 is 1. The van der Waals surface area contributed by atoms with Crippen molar-refractivity contribution >= 4 is 0 Å². The fourth-order valence-corrected chi connectivity index (χ4v) is 2.73. The van der Waals surface area contributed by atoms with Crippen molar-refractivity contribution in [2.45, 2.75) is 36.9 Å². The monoisotopic (exact) mass is 307 g/mol. The Morgan fingerprint density at radius 2 is 2.09 bits per heavy atom. The van der Waals surface area contributed by atoms with Crippen LogP contribution in [-0.2, 0) is 18.9 Å². The van der Waals surface area contributed by atoms with E-state index in [0.717, 1.165) is 5.56 Å². The minimum absolute atomic E-state index is 0.254. The number of benzene rings is 1. The Morgan fingerprint density at radius 3 is 2.77 bits per heavy atom. The van der Waals surface area contributed by atoms with Gasteiger partial charge in [0.25, 0.3) is 0 Å². The molecule has 2 aliphatic heterocycles. The summed E-state index contributed by atoms with van der Waals surface area (Å²) in [5.41, 5.74) is 9.50. The lowest BCUT2D eigenvalue weighted by atomic mass is 9.96. The van der Waals surface area contributed by atoms with Gasteiger partial charge in [0.05, 0.1) is 12.7 Å². The highest BCUT2D eigenvalue weighted by molar-refractivity contribution is 5.16. The average molecular weight is 307 g/mol. The van der Waals surface area contributed by atoms with Gasteiger partial charge in [-0.25, -0.2) is 0 Å². The van der Waals surface area contributed by atoms with Crippen LogP contribution in [0, 0.1) is 0 Å². The van der Waals surface area contributed by atoms with Crippen LogP contribution in [-0.4, -0.2) is 49.5 Å². The summed E-state index contributed by atoms with van der Waals surface area (Å²) < 4.78 is 22.3. The lowest BCUT2D eigenvalue weighted by Gasteiger charge is -2.46. The smallest absolute Gasteiger partial charge is 0.184 e. The van der Waals surface area contributed by atoms with E-state index < -0.39 is 36.9 Å². The van der Waals surface area contributed by atoms with E-state index in [2.05, 4.69) is 10.0 Å². The Hall–Kier alpha value is -1.67. The number of ether oxygens (including phenoxy) is 4. The maximum atomic E-state index is 10.5. The van der Waals surface area contributed by atoms with Crippen LogP contribution in [0.25, 0.3) is 10.4 Å². The van der Waals surface area contributed by atoms with E-state index in [-0.39, 0.29) is 6.61 Å². The molecule has 0 aliphatic carbocycles. The van der Waals surface area contributed by atoms with Gasteiger partial charge in [0.2, 0.25) is 0 Å². The summed E-state index contributed by atoms with van der Waals surface area (Å²) in [6.07, 6.45) is -3.58. The minimum atomic E-state index is -1.03. The molecule has 2 fully saturated rings. The van der Waals surface area contributed by atoms with Crippen LogP contribution in [0.15, 0.2) is 35.4 Å². The van der Waals surface area contributed by atoms with Gasteiger partial charge in [0.15, 0.2) is 12.6 Å². The highest BCUT2D eigenvalue weighted by Gasteiger charge is 2.49. The molecule has 0 amide bonds. The molecule has 1 aromatic rings. The molecule has 2 aliphatic rings. The van der Waals surface area contributed by atoms with Gasteiger partial charge in [-0.1, -0.05) is 35.4 Å². The molecule has 0 aromatic heterocycles. The predicted molar refractivity (Wildman–Crippen MR) is 74.6 cm³/mol. The van der Waals surface area contributed by atoms with E-state index in [1.807, 2.05) is 30.3 Å². The minimum Gasteiger partial charge on any atom is -0.390 e. The van der Waals surface area contributed by atoms with Gasteiger partial charge in [-0.15, -0.1) is 0 Å². The van der Waals surface area contributed by atoms with Crippen molar-refractivity contribution in [3.8, 4) is 0 Å². The number of rotatable bonds is 3. The Labute approximate surface area is 127 Å². The van der Waals surface area contributed by atoms with Gasteiger partial charge in [0, 0.05) is 17.6 Å². The fourth-order valence-electron chi connectivity index (χ4n) is 2.73. The Morgan fingerprint density at radius 1 is 1.32 bits per heavy atom. The quantitative estimate of drug-likeness (QED) is 0.517. The molecule has 0 spiro atoms. The van der Waals surface area contributed by atoms with Crippen molar-refractivity contribution in [2.75, 3.05) is 13.7 Å². The van der Waals surface area contributed by atoms with Gasteiger partial charge in [0.1, 0.15) is 18.2 Å². The largest absolute Gasteiger partial charge is 0.390 e. The molecule has 0 unspecified atom stereocenters. The van der Waals surface area contributed by atoms with Crippen molar-refractivity contribution in [2.24, 2.45) is 5.11 Å². The molecule has 0 bridgehead atoms. The summed E-state index contributed by atoms with van der Waals surface area (Å²) in [4.78, 5) is 2.74. The first-order chi connectivity index (χ1) is 10.7. The zero-order valence-corrected chi connectivity index (χ0v) is 12.0. The molecule has 3 rings (SSSR count). The molecular formula is C14H17N3O5. The van der Waals surface area contributed by atoms with Gasteiger partial charge in [-0.05, 0) is 5.53 Å². The third-order valence-electron chi connectivity index (χ3n) is 3.82. The van der Waals surface area contributed by atoms with Crippen LogP contribution in [0.1, 0.15) is 11.9 Å². The van der Waals surface area contributed by atoms with Crippen molar-refractivity contribution in [1.29, 1.82) is 0 Å². The second kappa shape index (κ2) is 6.62. The maximum Gasteiger partial charge on any atom is 0.184 e. The van der Waals surface area contributed by atoms with Crippen LogP contribution < -0.4 is 0 Å². The molecule has 0 saturated carbocycles. The molecule has 1 aromatic carbocycles. The zero-order chi connectivity index (χ0) is 15.5. The second-order valence-corrected chi connectivity index (χ2v) is 5.14. The number of aliphatic hydroxyl groups excluding tert-OH is 1. The van der Waals surface area contributed by atoms with Crippen LogP contribution in [0.5, 0.6) is 0 Å². The van der Waals surface area contributed by atoms with Gasteiger partial charge < -0.3 is 24.1 Å². The molecule has 8 nitrogen and oxygen atoms in total. The van der Waals surface area contributed by atoms with E-state index >= 15 is 0 Å². The average Bonchev–Trinajstić information content (AvgIpc) is 2.58. The topological polar surface area (TPSA) is 106 Å². The first-order valence-electron chi connectivity index (χ1n) is 6.97. The number of hydrogen-bond acceptors (Lipinski definition) is 6. The summed E-state index contributed by atoms with van der Waals surface area (Å²) in [6.45, 7) is 0.254. The predicted octanol–water partition coefficient (Wildman–Crippen LogP) is 1.51. The molecule has 2 saturated heterocycles. The van der Waals surface area contributed by atoms with Crippen LogP contribution in [0.3, 0.4) is 0 Å². The lowest BCUT2D eigenvalue weighted by Crippen LogP contribution is -2.61. The van der Waals surface area contributed by atoms with Gasteiger partial charge in [-0.2, -0.15) is 0 Å². The van der Waals surface area contributed by atoms with E-state index in [1.54, 1.807) is 0 Å². The molecule has 2 heterocycles. The van der Waals surface area contributed by atoms with Gasteiger partial charge in [-0.3, -0.25) is 0 Å². The van der Waals surface area contributed by atoms with Crippen molar-refractivity contribution in [3.05, 3.63) is 46.3 Å². The SMILES string of the molecule is CO[C@@H]1O[C@@H]2CO[C@H](c3ccccc3)O[C@@H]2[C@@H](O)[C@H]1N=[N+]=[N-]. The highest BCUT2D eigenvalue weighted by atomic mass is 16.7. The molecular weight excluding hydrogens is 290 g/mol. The van der Waals surface area contributed by atoms with E-state index in [4.69, 9.17) is 24.5 Å². The summed E-state index contributed by atoms with van der Waals surface area (Å²) in [6, 6.07) is 8.55. The molecule has 0 radical (unpaired) electrons. The van der Waals surface area contributed by atoms with Gasteiger partial charge >= 0.3 is 0 Å². The summed E-state index contributed by atoms with van der Waals surface area (Å²) >= 11 is 0. The standard InChI is InChI=1S/C14H17N3O5/c1-19-14-10(16-17-15)11(18)12-9(21-14)7-20-13(22-12)8-5-3-2-4-6-8/h2-6,9-14,18H,7H2,1H3/t9-,10-,11+,12+,13+,14-/m1/s1. The molecule has 8 heteroatoms. The Balaban J connectivity index is 1.79. The zero-order valence-electron chi connectivity index (χ0n) is 12.0. The summed E-state index contributed by atoms with van der Waals surface area (Å²) in [7, 11) is 1.43. The van der Waals surface area contributed by atoms with Crippen LogP contribution in [0.2, 0.25) is 0 Å². The van der Waals surface area contributed by atoms with E-state index in [9.17, 15) is 5.11 Å². The highest BCUT2D eigenvalue weighted by Crippen LogP contribution is 2.35. The fraction of sp³-hybridized carbons (Fsp3) is 0.571. The van der Waals surface area contributed by atoms with E-state index in [0.29, 0.717) is 0 Å². The molecule has 1 N–H and O–H groups in total. The maximum absolute atomic E-state index is 10.5. The van der Waals surface area contributed by atoms with Crippen molar-refractivity contribution < 1.29 is 24.1 Å². The normalized spacial score (nSPS) is 37.9. The number of hydrogen-bond donors (Lipinski definition) is 1. The number of fused-ring (bicyclic) bond motifs is 1. The Bertz CT molecular complexity index is 551. The Kier molecular flexibility index (Phi) is 4.58. The van der Waals surface area contributed by atoms with Crippen molar-refractivity contribution in [1.82, 2.24) is 0 Å². The number of nitrogens with zero attached hydrogens (tertiary/aromatic N) is 3. The van der Waals surface area contributed by atoms with Crippen LogP contribution in [0.4, 0.5) is 0 Å². The molecule has 118 valence electrons. The number of azide groups is 1. The molecule has 6 atom stereocenters. The first kappa shape index (κ1) is 15.2. The first-order valence-corrected chi connectivity index (χ1v) is 6.97. The van der Waals surface area contributed by atoms with Crippen LogP contribution >= 0.6 is 0 Å². The third-order valence-corrected chi connectivity index (χ3v) is 3.82. The molecule has 22 heavy (non-hydrogen) atoms. The third kappa shape index (κ3) is 2.80. The number of aliphatic hydroxyl groups is 1. The lowest BCUT2D eigenvalue weighted by molar-refractivity contribution is -0.338. The van der Waals surface area contributed by atoms with E-state index in [1.165, 1.54) is 7.11 Å². The van der Waals surface area contributed by atoms with Crippen molar-refractivity contribution in [3.63, 3.8) is 0 Å². The summed E-state index contributed by atoms with van der Waals surface area (Å²) in [5, 5.41) is 14.0.